The lowest BCUT2D eigenvalue weighted by atomic mass is 10.1. The summed E-state index contributed by atoms with van der Waals surface area (Å²) in [6, 6.07) is 12.0. The first-order valence-electron chi connectivity index (χ1n) is 8.12. The Hall–Kier alpha value is -2.31. The van der Waals surface area contributed by atoms with Gasteiger partial charge in [0.1, 0.15) is 0 Å². The summed E-state index contributed by atoms with van der Waals surface area (Å²) in [7, 11) is 0. The monoisotopic (exact) mass is 367 g/mol. The van der Waals surface area contributed by atoms with Gasteiger partial charge in [0.15, 0.2) is 9.81 Å². The number of carbonyl (C=O) groups excluding carboxylic acids is 1. The first-order valence-corrected chi connectivity index (χ1v) is 9.76. The molecule has 0 spiro atoms. The van der Waals surface area contributed by atoms with Crippen LogP contribution < -0.4 is 4.80 Å². The molecular weight excluding hydrogens is 350 g/mol. The van der Waals surface area contributed by atoms with Gasteiger partial charge in [0.25, 0.3) is 0 Å². The normalized spacial score (nSPS) is 12.4. The van der Waals surface area contributed by atoms with Crippen LogP contribution in [0.1, 0.15) is 27.9 Å². The van der Waals surface area contributed by atoms with Gasteiger partial charge in [0, 0.05) is 6.54 Å². The van der Waals surface area contributed by atoms with Gasteiger partial charge in [-0.05, 0) is 44.0 Å². The molecule has 4 aromatic rings. The largest absolute Gasteiger partial charge is 0.316 e. The predicted octanol–water partition coefficient (Wildman–Crippen LogP) is 4.69. The fourth-order valence-corrected chi connectivity index (χ4v) is 5.04. The molecule has 0 aliphatic carbocycles. The van der Waals surface area contributed by atoms with E-state index in [4.69, 9.17) is 0 Å². The van der Waals surface area contributed by atoms with E-state index in [9.17, 15) is 4.79 Å². The van der Waals surface area contributed by atoms with Crippen LogP contribution in [-0.4, -0.2) is 15.5 Å². The molecule has 0 aliphatic rings. The molecule has 0 aliphatic heterocycles. The average molecular weight is 367 g/mol. The number of nitrogens with zero attached hydrogens (tertiary/aromatic N) is 3. The van der Waals surface area contributed by atoms with Crippen molar-refractivity contribution in [1.82, 2.24) is 9.55 Å². The Bertz CT molecular complexity index is 1150. The van der Waals surface area contributed by atoms with Crippen molar-refractivity contribution in [2.45, 2.75) is 27.3 Å². The summed E-state index contributed by atoms with van der Waals surface area (Å²) < 4.78 is 4.32. The minimum absolute atomic E-state index is 0.273. The molecule has 0 bridgehead atoms. The molecule has 6 heteroatoms. The number of fused-ring (bicyclic) bond motifs is 2. The van der Waals surface area contributed by atoms with Crippen molar-refractivity contribution >= 4 is 49.0 Å². The van der Waals surface area contributed by atoms with Crippen molar-refractivity contribution in [2.75, 3.05) is 0 Å². The van der Waals surface area contributed by atoms with E-state index < -0.39 is 0 Å². The molecular formula is C19H17N3OS2. The maximum Gasteiger partial charge on any atom is 0.308 e. The molecule has 4 rings (SSSR count). The summed E-state index contributed by atoms with van der Waals surface area (Å²) in [6.45, 7) is 7.04. The maximum absolute atomic E-state index is 12.7. The molecule has 0 saturated carbocycles. The third kappa shape index (κ3) is 2.71. The molecule has 1 amide bonds. The Morgan fingerprint density at radius 2 is 1.88 bits per heavy atom. The highest BCUT2D eigenvalue weighted by molar-refractivity contribution is 7.20. The van der Waals surface area contributed by atoms with Crippen molar-refractivity contribution in [2.24, 2.45) is 4.99 Å². The second-order valence-corrected chi connectivity index (χ2v) is 7.92. The zero-order valence-electron chi connectivity index (χ0n) is 14.2. The van der Waals surface area contributed by atoms with Crippen LogP contribution in [0.5, 0.6) is 0 Å². The average Bonchev–Trinajstić information content (AvgIpc) is 3.20. The number of hydrogen-bond acceptors (Lipinski definition) is 4. The van der Waals surface area contributed by atoms with E-state index in [0.717, 1.165) is 21.6 Å². The lowest BCUT2D eigenvalue weighted by molar-refractivity contribution is 0.0997. The second-order valence-electron chi connectivity index (χ2n) is 5.91. The van der Waals surface area contributed by atoms with Gasteiger partial charge in [-0.25, -0.2) is 4.98 Å². The van der Waals surface area contributed by atoms with Gasteiger partial charge < -0.3 is 4.57 Å². The first-order chi connectivity index (χ1) is 12.1. The summed E-state index contributed by atoms with van der Waals surface area (Å²) >= 11 is 2.96. The van der Waals surface area contributed by atoms with Gasteiger partial charge in [0.05, 0.1) is 20.4 Å². The Labute approximate surface area is 153 Å². The highest BCUT2D eigenvalue weighted by Gasteiger charge is 2.14. The Morgan fingerprint density at radius 3 is 2.64 bits per heavy atom. The van der Waals surface area contributed by atoms with Crippen LogP contribution in [0.25, 0.3) is 20.4 Å². The van der Waals surface area contributed by atoms with Gasteiger partial charge in [-0.2, -0.15) is 4.99 Å². The summed E-state index contributed by atoms with van der Waals surface area (Å²) in [5.74, 6) is -0.273. The van der Waals surface area contributed by atoms with Gasteiger partial charge in [-0.3, -0.25) is 4.79 Å². The van der Waals surface area contributed by atoms with Crippen LogP contribution in [0, 0.1) is 13.8 Å². The van der Waals surface area contributed by atoms with Crippen LogP contribution in [-0.2, 0) is 6.54 Å². The number of thiazole rings is 2. The molecule has 2 aromatic heterocycles. The van der Waals surface area contributed by atoms with Gasteiger partial charge in [0.2, 0.25) is 0 Å². The van der Waals surface area contributed by atoms with Crippen LogP contribution in [0.2, 0.25) is 0 Å². The third-order valence-corrected chi connectivity index (χ3v) is 6.45. The topological polar surface area (TPSA) is 47.2 Å². The SMILES string of the molecule is CCn1c(=NC(=O)c2nc3ccccc3s2)sc2c(C)ccc(C)c21. The summed E-state index contributed by atoms with van der Waals surface area (Å²) in [6.07, 6.45) is 0. The maximum atomic E-state index is 12.7. The molecule has 2 heterocycles. The molecule has 2 aromatic carbocycles. The van der Waals surface area contributed by atoms with Crippen LogP contribution in [0.15, 0.2) is 41.4 Å². The standard InChI is InChI=1S/C19H17N3OS2/c1-4-22-15-11(2)9-10-12(3)16(15)25-19(22)21-17(23)18-20-13-7-5-6-8-14(13)24-18/h5-10H,4H2,1-3H3. The molecule has 0 radical (unpaired) electrons. The highest BCUT2D eigenvalue weighted by Crippen LogP contribution is 2.25. The lowest BCUT2D eigenvalue weighted by Crippen LogP contribution is -2.16. The first kappa shape index (κ1) is 16.2. The zero-order valence-corrected chi connectivity index (χ0v) is 15.9. The fraction of sp³-hybridized carbons (Fsp3) is 0.211. The minimum atomic E-state index is -0.273. The number of carbonyl (C=O) groups is 1. The minimum Gasteiger partial charge on any atom is -0.316 e. The van der Waals surface area contributed by atoms with Crippen molar-refractivity contribution in [1.29, 1.82) is 0 Å². The van der Waals surface area contributed by atoms with Crippen molar-refractivity contribution in [3.63, 3.8) is 0 Å². The zero-order chi connectivity index (χ0) is 17.6. The van der Waals surface area contributed by atoms with Gasteiger partial charge in [-0.1, -0.05) is 35.6 Å². The molecule has 25 heavy (non-hydrogen) atoms. The number of rotatable bonds is 2. The van der Waals surface area contributed by atoms with E-state index in [0.29, 0.717) is 5.01 Å². The highest BCUT2D eigenvalue weighted by atomic mass is 32.1. The van der Waals surface area contributed by atoms with Crippen LogP contribution >= 0.6 is 22.7 Å². The van der Waals surface area contributed by atoms with Crippen LogP contribution in [0.3, 0.4) is 0 Å². The summed E-state index contributed by atoms with van der Waals surface area (Å²) in [4.78, 5) is 22.2. The van der Waals surface area contributed by atoms with Crippen molar-refractivity contribution in [3.05, 3.63) is 57.3 Å². The van der Waals surface area contributed by atoms with E-state index in [1.54, 1.807) is 11.3 Å². The Morgan fingerprint density at radius 1 is 1.12 bits per heavy atom. The van der Waals surface area contributed by atoms with Crippen molar-refractivity contribution in [3.8, 4) is 0 Å². The molecule has 0 N–H and O–H groups in total. The van der Waals surface area contributed by atoms with E-state index in [-0.39, 0.29) is 5.91 Å². The number of benzene rings is 2. The van der Waals surface area contributed by atoms with E-state index >= 15 is 0 Å². The van der Waals surface area contributed by atoms with E-state index in [1.807, 2.05) is 24.3 Å². The van der Waals surface area contributed by atoms with E-state index in [2.05, 4.69) is 47.4 Å². The number of hydrogen-bond donors (Lipinski definition) is 0. The van der Waals surface area contributed by atoms with E-state index in [1.165, 1.54) is 32.7 Å². The quantitative estimate of drug-likeness (QED) is 0.516. The third-order valence-electron chi connectivity index (χ3n) is 4.21. The number of para-hydroxylation sites is 1. The summed E-state index contributed by atoms with van der Waals surface area (Å²) in [5.41, 5.74) is 4.43. The lowest BCUT2D eigenvalue weighted by Gasteiger charge is -2.04. The smallest absolute Gasteiger partial charge is 0.308 e. The Kier molecular flexibility index (Phi) is 4.01. The predicted molar refractivity (Wildman–Crippen MR) is 104 cm³/mol. The summed E-state index contributed by atoms with van der Waals surface area (Å²) in [5, 5.41) is 0.440. The molecule has 126 valence electrons. The van der Waals surface area contributed by atoms with Gasteiger partial charge in [-0.15, -0.1) is 11.3 Å². The number of aryl methyl sites for hydroxylation is 3. The number of aromatic nitrogens is 2. The molecule has 0 saturated heterocycles. The van der Waals surface area contributed by atoms with Gasteiger partial charge >= 0.3 is 5.91 Å². The second kappa shape index (κ2) is 6.20. The molecule has 0 atom stereocenters. The molecule has 0 fully saturated rings. The fourth-order valence-electron chi connectivity index (χ4n) is 2.95. The molecule has 4 nitrogen and oxygen atoms in total. The molecule has 0 unspecified atom stereocenters. The van der Waals surface area contributed by atoms with Crippen LogP contribution in [0.4, 0.5) is 0 Å². The Balaban J connectivity index is 1.89. The number of amides is 1. The van der Waals surface area contributed by atoms with Crippen molar-refractivity contribution < 1.29 is 4.79 Å².